The van der Waals surface area contributed by atoms with Crippen molar-refractivity contribution in [3.05, 3.63) is 66.6 Å². The van der Waals surface area contributed by atoms with E-state index in [1.807, 2.05) is 48.5 Å². The van der Waals surface area contributed by atoms with Crippen LogP contribution in [0, 0.1) is 0 Å². The van der Waals surface area contributed by atoms with Gasteiger partial charge in [0.25, 0.3) is 0 Å². The topological polar surface area (TPSA) is 61.0 Å². The third-order valence-electron chi connectivity index (χ3n) is 3.43. The number of halogens is 2. The van der Waals surface area contributed by atoms with Gasteiger partial charge in [-0.1, -0.05) is 12.1 Å². The van der Waals surface area contributed by atoms with E-state index in [9.17, 15) is 4.39 Å². The Balaban J connectivity index is 0.00000208. The number of nitrogens with zero attached hydrogens (tertiary/aromatic N) is 2. The van der Waals surface area contributed by atoms with Gasteiger partial charge in [0.2, 0.25) is 0 Å². The SMILES string of the molecule is Cl.NC/C(=C/F)COc1ccc2nc(-c3ccccn3)ccc2c1. The molecule has 0 atom stereocenters. The standard InChI is InChI=1S/C18H16FN3O.ClH/c19-10-13(11-20)12-23-15-5-7-16-14(9-15)4-6-18(22-16)17-3-1-2-8-21-17;/h1-10H,11-12,20H2;1H/b13-10-;. The fourth-order valence-corrected chi connectivity index (χ4v) is 2.16. The molecule has 2 aromatic heterocycles. The van der Waals surface area contributed by atoms with Crippen LogP contribution in [-0.4, -0.2) is 23.1 Å². The molecule has 0 aliphatic rings. The highest BCUT2D eigenvalue weighted by Crippen LogP contribution is 2.23. The third kappa shape index (κ3) is 4.07. The van der Waals surface area contributed by atoms with E-state index in [0.717, 1.165) is 22.3 Å². The Morgan fingerprint density at radius 3 is 2.71 bits per heavy atom. The summed E-state index contributed by atoms with van der Waals surface area (Å²) in [7, 11) is 0. The van der Waals surface area contributed by atoms with Gasteiger partial charge in [0.05, 0.1) is 23.2 Å². The van der Waals surface area contributed by atoms with Gasteiger partial charge in [0.1, 0.15) is 12.4 Å². The second kappa shape index (κ2) is 8.38. The van der Waals surface area contributed by atoms with Crippen molar-refractivity contribution in [1.29, 1.82) is 0 Å². The molecule has 124 valence electrons. The molecule has 24 heavy (non-hydrogen) atoms. The Labute approximate surface area is 145 Å². The summed E-state index contributed by atoms with van der Waals surface area (Å²) in [6, 6.07) is 15.2. The van der Waals surface area contributed by atoms with Crippen molar-refractivity contribution in [3.63, 3.8) is 0 Å². The van der Waals surface area contributed by atoms with Gasteiger partial charge >= 0.3 is 0 Å². The minimum atomic E-state index is 0. The maximum absolute atomic E-state index is 12.5. The van der Waals surface area contributed by atoms with Crippen LogP contribution in [0.1, 0.15) is 0 Å². The molecule has 0 spiro atoms. The van der Waals surface area contributed by atoms with Crippen LogP contribution >= 0.6 is 12.4 Å². The quantitative estimate of drug-likeness (QED) is 0.761. The molecule has 0 unspecified atom stereocenters. The number of benzene rings is 1. The first kappa shape index (κ1) is 17.8. The molecular weight excluding hydrogens is 329 g/mol. The Bertz CT molecular complexity index is 840. The lowest BCUT2D eigenvalue weighted by atomic mass is 10.1. The van der Waals surface area contributed by atoms with E-state index < -0.39 is 0 Å². The van der Waals surface area contributed by atoms with Crippen molar-refractivity contribution in [3.8, 4) is 17.1 Å². The molecule has 0 radical (unpaired) electrons. The second-order valence-electron chi connectivity index (χ2n) is 5.03. The van der Waals surface area contributed by atoms with Crippen molar-refractivity contribution in [2.24, 2.45) is 5.73 Å². The summed E-state index contributed by atoms with van der Waals surface area (Å²) in [5.41, 5.74) is 8.31. The van der Waals surface area contributed by atoms with E-state index in [0.29, 0.717) is 17.7 Å². The largest absolute Gasteiger partial charge is 0.489 e. The average Bonchev–Trinajstić information content (AvgIpc) is 2.63. The normalized spacial score (nSPS) is 11.2. The van der Waals surface area contributed by atoms with Gasteiger partial charge in [-0.3, -0.25) is 4.98 Å². The van der Waals surface area contributed by atoms with Crippen LogP contribution in [-0.2, 0) is 0 Å². The van der Waals surface area contributed by atoms with E-state index in [4.69, 9.17) is 10.5 Å². The summed E-state index contributed by atoms with van der Waals surface area (Å²) in [6.07, 6.45) is 2.23. The summed E-state index contributed by atoms with van der Waals surface area (Å²) >= 11 is 0. The predicted molar refractivity (Wildman–Crippen MR) is 96.0 cm³/mol. The second-order valence-corrected chi connectivity index (χ2v) is 5.03. The van der Waals surface area contributed by atoms with Gasteiger partial charge < -0.3 is 10.5 Å². The molecule has 0 fully saturated rings. The van der Waals surface area contributed by atoms with Crippen molar-refractivity contribution in [1.82, 2.24) is 9.97 Å². The summed E-state index contributed by atoms with van der Waals surface area (Å²) in [4.78, 5) is 8.90. The molecule has 0 aliphatic heterocycles. The predicted octanol–water partition coefficient (Wildman–Crippen LogP) is 3.91. The number of rotatable bonds is 5. The zero-order valence-corrected chi connectivity index (χ0v) is 13.7. The van der Waals surface area contributed by atoms with Gasteiger partial charge in [-0.15, -0.1) is 12.4 Å². The molecule has 1 aromatic carbocycles. The highest BCUT2D eigenvalue weighted by Gasteiger charge is 2.04. The molecule has 3 aromatic rings. The zero-order chi connectivity index (χ0) is 16.1. The smallest absolute Gasteiger partial charge is 0.120 e. The Morgan fingerprint density at radius 1 is 1.12 bits per heavy atom. The lowest BCUT2D eigenvalue weighted by Gasteiger charge is -2.08. The van der Waals surface area contributed by atoms with E-state index in [-0.39, 0.29) is 25.6 Å². The number of fused-ring (bicyclic) bond motifs is 1. The fourth-order valence-electron chi connectivity index (χ4n) is 2.16. The van der Waals surface area contributed by atoms with Gasteiger partial charge in [-0.25, -0.2) is 9.37 Å². The molecule has 0 saturated carbocycles. The molecule has 2 heterocycles. The molecular formula is C18H17ClFN3O. The van der Waals surface area contributed by atoms with E-state index >= 15 is 0 Å². The van der Waals surface area contributed by atoms with Crippen LogP contribution in [0.3, 0.4) is 0 Å². The number of hydrogen-bond acceptors (Lipinski definition) is 4. The first-order chi connectivity index (χ1) is 11.3. The molecule has 3 rings (SSSR count). The summed E-state index contributed by atoms with van der Waals surface area (Å²) in [5, 5.41) is 0.945. The Hall–Kier alpha value is -2.50. The molecule has 6 heteroatoms. The number of aromatic nitrogens is 2. The van der Waals surface area contributed by atoms with Crippen LogP contribution < -0.4 is 10.5 Å². The van der Waals surface area contributed by atoms with Crippen LogP contribution in [0.5, 0.6) is 5.75 Å². The molecule has 2 N–H and O–H groups in total. The van der Waals surface area contributed by atoms with Crippen LogP contribution in [0.15, 0.2) is 66.6 Å². The number of ether oxygens (including phenoxy) is 1. The van der Waals surface area contributed by atoms with Gasteiger partial charge in [-0.05, 0) is 36.4 Å². The van der Waals surface area contributed by atoms with Crippen molar-refractivity contribution in [2.75, 3.05) is 13.2 Å². The molecule has 0 aliphatic carbocycles. The van der Waals surface area contributed by atoms with Crippen LogP contribution in [0.25, 0.3) is 22.3 Å². The van der Waals surface area contributed by atoms with Gasteiger partial charge in [-0.2, -0.15) is 0 Å². The van der Waals surface area contributed by atoms with Crippen molar-refractivity contribution >= 4 is 23.3 Å². The minimum absolute atomic E-state index is 0. The number of hydrogen-bond donors (Lipinski definition) is 1. The van der Waals surface area contributed by atoms with Crippen LogP contribution in [0.4, 0.5) is 4.39 Å². The van der Waals surface area contributed by atoms with E-state index in [1.165, 1.54) is 0 Å². The molecule has 0 amide bonds. The molecule has 0 bridgehead atoms. The highest BCUT2D eigenvalue weighted by molar-refractivity contribution is 5.85. The third-order valence-corrected chi connectivity index (χ3v) is 3.43. The lowest BCUT2D eigenvalue weighted by Crippen LogP contribution is -2.10. The highest BCUT2D eigenvalue weighted by atomic mass is 35.5. The fraction of sp³-hybridized carbons (Fsp3) is 0.111. The van der Waals surface area contributed by atoms with E-state index in [1.54, 1.807) is 6.20 Å². The monoisotopic (exact) mass is 345 g/mol. The van der Waals surface area contributed by atoms with Crippen LogP contribution in [0.2, 0.25) is 0 Å². The number of pyridine rings is 2. The summed E-state index contributed by atoms with van der Waals surface area (Å²) in [6.45, 7) is 0.275. The summed E-state index contributed by atoms with van der Waals surface area (Å²) in [5.74, 6) is 0.651. The minimum Gasteiger partial charge on any atom is -0.489 e. The zero-order valence-electron chi connectivity index (χ0n) is 12.9. The first-order valence-corrected chi connectivity index (χ1v) is 7.23. The maximum Gasteiger partial charge on any atom is 0.120 e. The average molecular weight is 346 g/mol. The lowest BCUT2D eigenvalue weighted by molar-refractivity contribution is 0.348. The van der Waals surface area contributed by atoms with E-state index in [2.05, 4.69) is 9.97 Å². The Kier molecular flexibility index (Phi) is 6.23. The Morgan fingerprint density at radius 2 is 2.00 bits per heavy atom. The number of nitrogens with two attached hydrogens (primary N) is 1. The maximum atomic E-state index is 12.5. The van der Waals surface area contributed by atoms with Gasteiger partial charge in [0, 0.05) is 23.7 Å². The molecule has 4 nitrogen and oxygen atoms in total. The summed E-state index contributed by atoms with van der Waals surface area (Å²) < 4.78 is 18.0. The first-order valence-electron chi connectivity index (χ1n) is 7.23. The van der Waals surface area contributed by atoms with Gasteiger partial charge in [0.15, 0.2) is 0 Å². The molecule has 0 saturated heterocycles. The van der Waals surface area contributed by atoms with Crippen molar-refractivity contribution in [2.45, 2.75) is 0 Å². The van der Waals surface area contributed by atoms with Crippen molar-refractivity contribution < 1.29 is 9.13 Å².